The zero-order chi connectivity index (χ0) is 19.6. The van der Waals surface area contributed by atoms with Crippen LogP contribution >= 0.6 is 11.3 Å². The highest BCUT2D eigenvalue weighted by atomic mass is 32.1. The average Bonchev–Trinajstić information content (AvgIpc) is 3.19. The first-order valence-corrected chi connectivity index (χ1v) is 10.6. The van der Waals surface area contributed by atoms with E-state index in [0.717, 1.165) is 44.0 Å². The third-order valence-corrected chi connectivity index (χ3v) is 6.19. The summed E-state index contributed by atoms with van der Waals surface area (Å²) in [6, 6.07) is 3.09. The van der Waals surface area contributed by atoms with Crippen molar-refractivity contribution in [3.05, 3.63) is 22.4 Å². The van der Waals surface area contributed by atoms with Gasteiger partial charge in [-0.2, -0.15) is 0 Å². The number of ether oxygens (including phenoxy) is 1. The van der Waals surface area contributed by atoms with E-state index in [4.69, 9.17) is 10.5 Å². The lowest BCUT2D eigenvalue weighted by molar-refractivity contribution is -0.122. The fourth-order valence-electron chi connectivity index (χ4n) is 3.70. The molecule has 3 amide bonds. The lowest BCUT2D eigenvalue weighted by atomic mass is 9.92. The molecule has 27 heavy (non-hydrogen) atoms. The van der Waals surface area contributed by atoms with E-state index in [2.05, 4.69) is 29.4 Å². The SMILES string of the molecule is CCC(CC)C(CNC(=O)CC(NC(N)=O)c1cccs1)N1CCOCC1. The van der Waals surface area contributed by atoms with Crippen LogP contribution in [0.4, 0.5) is 4.79 Å². The Hall–Kier alpha value is -1.64. The number of morpholine rings is 1. The number of rotatable bonds is 10. The van der Waals surface area contributed by atoms with Crippen LogP contribution in [0.2, 0.25) is 0 Å². The molecule has 2 heterocycles. The van der Waals surface area contributed by atoms with Crippen LogP contribution in [0.5, 0.6) is 0 Å². The van der Waals surface area contributed by atoms with Crippen molar-refractivity contribution in [1.82, 2.24) is 15.5 Å². The van der Waals surface area contributed by atoms with Gasteiger partial charge in [0.2, 0.25) is 5.91 Å². The number of carbonyl (C=O) groups excluding carboxylic acids is 2. The molecular formula is C19H32N4O3S. The first-order valence-electron chi connectivity index (χ1n) is 9.73. The molecule has 4 N–H and O–H groups in total. The summed E-state index contributed by atoms with van der Waals surface area (Å²) in [5.74, 6) is 0.451. The van der Waals surface area contributed by atoms with E-state index in [1.54, 1.807) is 0 Å². The number of hydrogen-bond acceptors (Lipinski definition) is 5. The molecule has 152 valence electrons. The van der Waals surface area contributed by atoms with Gasteiger partial charge in [0.05, 0.1) is 25.7 Å². The van der Waals surface area contributed by atoms with E-state index in [0.29, 0.717) is 18.5 Å². The summed E-state index contributed by atoms with van der Waals surface area (Å²) in [5.41, 5.74) is 5.27. The Balaban J connectivity index is 1.95. The zero-order valence-electron chi connectivity index (χ0n) is 16.3. The largest absolute Gasteiger partial charge is 0.379 e. The van der Waals surface area contributed by atoms with Crippen LogP contribution in [-0.4, -0.2) is 55.7 Å². The molecule has 0 aromatic carbocycles. The highest BCUT2D eigenvalue weighted by molar-refractivity contribution is 7.10. The Kier molecular flexibility index (Phi) is 9.03. The van der Waals surface area contributed by atoms with Gasteiger partial charge in [-0.05, 0) is 17.4 Å². The molecule has 1 aliphatic heterocycles. The topological polar surface area (TPSA) is 96.7 Å². The minimum absolute atomic E-state index is 0.0774. The van der Waals surface area contributed by atoms with E-state index < -0.39 is 12.1 Å². The summed E-state index contributed by atoms with van der Waals surface area (Å²) in [6.45, 7) is 8.30. The smallest absolute Gasteiger partial charge is 0.312 e. The number of hydrogen-bond donors (Lipinski definition) is 3. The molecule has 0 saturated carbocycles. The van der Waals surface area contributed by atoms with Crippen LogP contribution in [-0.2, 0) is 9.53 Å². The van der Waals surface area contributed by atoms with Gasteiger partial charge >= 0.3 is 6.03 Å². The summed E-state index contributed by atoms with van der Waals surface area (Å²) in [6.07, 6.45) is 2.34. The number of nitrogens with one attached hydrogen (secondary N) is 2. The number of carbonyl (C=O) groups is 2. The molecule has 2 rings (SSSR count). The van der Waals surface area contributed by atoms with Crippen molar-refractivity contribution in [2.75, 3.05) is 32.8 Å². The molecular weight excluding hydrogens is 364 g/mol. The highest BCUT2D eigenvalue weighted by Gasteiger charge is 2.28. The van der Waals surface area contributed by atoms with Crippen molar-refractivity contribution in [2.45, 2.75) is 45.2 Å². The van der Waals surface area contributed by atoms with E-state index in [1.807, 2.05) is 17.5 Å². The summed E-state index contributed by atoms with van der Waals surface area (Å²) < 4.78 is 5.47. The van der Waals surface area contributed by atoms with E-state index in [-0.39, 0.29) is 12.3 Å². The first kappa shape index (κ1) is 21.7. The monoisotopic (exact) mass is 396 g/mol. The molecule has 0 aliphatic carbocycles. The van der Waals surface area contributed by atoms with Gasteiger partial charge < -0.3 is 21.1 Å². The van der Waals surface area contributed by atoms with Crippen molar-refractivity contribution in [1.29, 1.82) is 0 Å². The maximum atomic E-state index is 12.6. The number of nitrogens with two attached hydrogens (primary N) is 1. The molecule has 1 fully saturated rings. The number of thiophene rings is 1. The normalized spacial score (nSPS) is 17.4. The molecule has 2 atom stereocenters. The number of nitrogens with zero attached hydrogens (tertiary/aromatic N) is 1. The lowest BCUT2D eigenvalue weighted by Crippen LogP contribution is -2.52. The fraction of sp³-hybridized carbons (Fsp3) is 0.684. The van der Waals surface area contributed by atoms with Crippen LogP contribution < -0.4 is 16.4 Å². The predicted molar refractivity (Wildman–Crippen MR) is 108 cm³/mol. The molecule has 0 radical (unpaired) electrons. The summed E-state index contributed by atoms with van der Waals surface area (Å²) in [5, 5.41) is 7.68. The van der Waals surface area contributed by atoms with Crippen LogP contribution in [0.3, 0.4) is 0 Å². The third-order valence-electron chi connectivity index (χ3n) is 5.21. The molecule has 7 nitrogen and oxygen atoms in total. The maximum absolute atomic E-state index is 12.6. The highest BCUT2D eigenvalue weighted by Crippen LogP contribution is 2.23. The van der Waals surface area contributed by atoms with Crippen LogP contribution in [0.25, 0.3) is 0 Å². The van der Waals surface area contributed by atoms with Crippen LogP contribution in [0.15, 0.2) is 17.5 Å². The molecule has 1 saturated heterocycles. The number of amides is 3. The minimum Gasteiger partial charge on any atom is -0.379 e. The van der Waals surface area contributed by atoms with Gasteiger partial charge in [-0.1, -0.05) is 32.8 Å². The quantitative estimate of drug-likeness (QED) is 0.564. The Labute approximate surface area is 165 Å². The van der Waals surface area contributed by atoms with Crippen molar-refractivity contribution < 1.29 is 14.3 Å². The van der Waals surface area contributed by atoms with Gasteiger partial charge in [-0.15, -0.1) is 11.3 Å². The van der Waals surface area contributed by atoms with Gasteiger partial charge in [0.25, 0.3) is 0 Å². The molecule has 2 unspecified atom stereocenters. The third kappa shape index (κ3) is 6.79. The molecule has 8 heteroatoms. The van der Waals surface area contributed by atoms with E-state index >= 15 is 0 Å². The van der Waals surface area contributed by atoms with E-state index in [1.165, 1.54) is 11.3 Å². The molecule has 1 aromatic rings. The second-order valence-electron chi connectivity index (χ2n) is 6.88. The summed E-state index contributed by atoms with van der Waals surface area (Å²) >= 11 is 1.50. The molecule has 1 aromatic heterocycles. The Morgan fingerprint density at radius 1 is 1.30 bits per heavy atom. The van der Waals surface area contributed by atoms with Crippen molar-refractivity contribution >= 4 is 23.3 Å². The standard InChI is InChI=1S/C19H32N4O3S/c1-3-14(4-2)16(23-7-9-26-10-8-23)13-21-18(24)12-15(22-19(20)25)17-6-5-11-27-17/h5-6,11,14-16H,3-4,7-10,12-13H2,1-2H3,(H,21,24)(H3,20,22,25). The van der Waals surface area contributed by atoms with Gasteiger partial charge in [0.15, 0.2) is 0 Å². The van der Waals surface area contributed by atoms with Gasteiger partial charge in [0.1, 0.15) is 0 Å². The van der Waals surface area contributed by atoms with Crippen LogP contribution in [0.1, 0.15) is 44.0 Å². The summed E-state index contributed by atoms with van der Waals surface area (Å²) in [4.78, 5) is 27.2. The fourth-order valence-corrected chi connectivity index (χ4v) is 4.47. The lowest BCUT2D eigenvalue weighted by Gasteiger charge is -2.38. The van der Waals surface area contributed by atoms with Gasteiger partial charge in [0, 0.05) is 30.6 Å². The molecule has 1 aliphatic rings. The predicted octanol–water partition coefficient (Wildman–Crippen LogP) is 2.10. The zero-order valence-corrected chi connectivity index (χ0v) is 17.1. The minimum atomic E-state index is -0.621. The van der Waals surface area contributed by atoms with Crippen molar-refractivity contribution in [3.63, 3.8) is 0 Å². The number of urea groups is 1. The van der Waals surface area contributed by atoms with E-state index in [9.17, 15) is 9.59 Å². The maximum Gasteiger partial charge on any atom is 0.312 e. The van der Waals surface area contributed by atoms with Crippen molar-refractivity contribution in [2.24, 2.45) is 11.7 Å². The second-order valence-corrected chi connectivity index (χ2v) is 7.86. The average molecular weight is 397 g/mol. The van der Waals surface area contributed by atoms with Crippen molar-refractivity contribution in [3.8, 4) is 0 Å². The van der Waals surface area contributed by atoms with Gasteiger partial charge in [-0.25, -0.2) is 4.79 Å². The molecule has 0 bridgehead atoms. The summed E-state index contributed by atoms with van der Waals surface area (Å²) in [7, 11) is 0. The Bertz CT molecular complexity index is 572. The van der Waals surface area contributed by atoms with Gasteiger partial charge in [-0.3, -0.25) is 9.69 Å². The Morgan fingerprint density at radius 2 is 2.00 bits per heavy atom. The molecule has 0 spiro atoms. The first-order chi connectivity index (χ1) is 13.0. The number of primary amides is 1. The second kappa shape index (κ2) is 11.3. The van der Waals surface area contributed by atoms with Crippen LogP contribution in [0, 0.1) is 5.92 Å². The Morgan fingerprint density at radius 3 is 2.56 bits per heavy atom.